The number of carbonyl (C=O) groups excluding carboxylic acids is 1. The van der Waals surface area contributed by atoms with Crippen molar-refractivity contribution in [2.75, 3.05) is 13.1 Å². The van der Waals surface area contributed by atoms with Gasteiger partial charge < -0.3 is 9.74 Å². The van der Waals surface area contributed by atoms with Crippen molar-refractivity contribution in [2.45, 2.75) is 51.0 Å². The molecule has 2 aliphatic heterocycles. The minimum absolute atomic E-state index is 0.0594. The highest BCUT2D eigenvalue weighted by Gasteiger charge is 2.41. The van der Waals surface area contributed by atoms with Crippen LogP contribution in [0.1, 0.15) is 60.5 Å². The van der Waals surface area contributed by atoms with Gasteiger partial charge in [-0.25, -0.2) is 0 Å². The molecule has 1 saturated heterocycles. The molecule has 0 aromatic heterocycles. The van der Waals surface area contributed by atoms with Crippen LogP contribution in [0, 0.1) is 0 Å². The molecule has 1 spiro atoms. The van der Waals surface area contributed by atoms with Crippen LogP contribution in [-0.4, -0.2) is 35.1 Å². The Morgan fingerprint density at radius 3 is 2.53 bits per heavy atom. The van der Waals surface area contributed by atoms with Gasteiger partial charge >= 0.3 is 0 Å². The number of hydrogen-bond donors (Lipinski definition) is 0. The van der Waals surface area contributed by atoms with Gasteiger partial charge in [0.15, 0.2) is 5.78 Å². The second-order valence-electron chi connectivity index (χ2n) is 8.37. The van der Waals surface area contributed by atoms with Gasteiger partial charge in [-0.1, -0.05) is 73.1 Å². The normalized spacial score (nSPS) is 17.9. The highest BCUT2D eigenvalue weighted by molar-refractivity contribution is 6.04. The minimum atomic E-state index is -0.187. The summed E-state index contributed by atoms with van der Waals surface area (Å²) < 4.78 is 0. The number of ketones is 1. The second-order valence-corrected chi connectivity index (χ2v) is 8.37. The van der Waals surface area contributed by atoms with Crippen LogP contribution in [0.15, 0.2) is 72.0 Å². The van der Waals surface area contributed by atoms with Crippen molar-refractivity contribution in [3.05, 3.63) is 83.6 Å². The second kappa shape index (κ2) is 9.29. The number of carbonyl (C=O) groups is 1. The average Bonchev–Trinajstić information content (AvgIpc) is 3.22. The number of likely N-dealkylation sites (tertiary alicyclic amines) is 1. The fourth-order valence-corrected chi connectivity index (χ4v) is 4.14. The van der Waals surface area contributed by atoms with Crippen molar-refractivity contribution < 1.29 is 9.63 Å². The first-order chi connectivity index (χ1) is 14.7. The first kappa shape index (κ1) is 20.4. The van der Waals surface area contributed by atoms with Gasteiger partial charge in [-0.2, -0.15) is 0 Å². The Labute approximate surface area is 179 Å². The van der Waals surface area contributed by atoms with Gasteiger partial charge in [-0.15, -0.1) is 0 Å². The van der Waals surface area contributed by atoms with Crippen LogP contribution in [-0.2, 0) is 11.3 Å². The van der Waals surface area contributed by atoms with Gasteiger partial charge in [0.25, 0.3) is 0 Å². The van der Waals surface area contributed by atoms with E-state index in [4.69, 9.17) is 4.84 Å². The zero-order valence-corrected chi connectivity index (χ0v) is 17.7. The Bertz CT molecular complexity index is 908. The van der Waals surface area contributed by atoms with Crippen molar-refractivity contribution in [3.8, 4) is 0 Å². The molecule has 2 aliphatic rings. The number of unbranched alkanes of at least 4 members (excludes halogenated alkanes) is 1. The molecule has 0 atom stereocenters. The smallest absolute Gasteiger partial charge is 0.187 e. The number of piperidine rings is 1. The van der Waals surface area contributed by atoms with Crippen molar-refractivity contribution in [1.29, 1.82) is 0 Å². The van der Waals surface area contributed by atoms with Crippen LogP contribution >= 0.6 is 0 Å². The van der Waals surface area contributed by atoms with Gasteiger partial charge in [-0.3, -0.25) is 4.79 Å². The van der Waals surface area contributed by atoms with Gasteiger partial charge in [-0.05, 0) is 24.0 Å². The Morgan fingerprint density at radius 2 is 1.83 bits per heavy atom. The first-order valence-corrected chi connectivity index (χ1v) is 11.0. The molecule has 0 aliphatic carbocycles. The Balaban J connectivity index is 1.28. The van der Waals surface area contributed by atoms with Crippen LogP contribution in [0.2, 0.25) is 0 Å². The lowest BCUT2D eigenvalue weighted by atomic mass is 9.85. The van der Waals surface area contributed by atoms with E-state index in [0.29, 0.717) is 0 Å². The zero-order valence-electron chi connectivity index (χ0n) is 17.7. The van der Waals surface area contributed by atoms with Gasteiger partial charge in [0, 0.05) is 50.2 Å². The summed E-state index contributed by atoms with van der Waals surface area (Å²) in [7, 11) is 0. The quantitative estimate of drug-likeness (QED) is 0.461. The predicted molar refractivity (Wildman–Crippen MR) is 121 cm³/mol. The van der Waals surface area contributed by atoms with Crippen LogP contribution in [0.3, 0.4) is 0 Å². The maximum Gasteiger partial charge on any atom is 0.187 e. The van der Waals surface area contributed by atoms with Crippen molar-refractivity contribution in [2.24, 2.45) is 5.16 Å². The summed E-state index contributed by atoms with van der Waals surface area (Å²) >= 11 is 0. The summed E-state index contributed by atoms with van der Waals surface area (Å²) in [6, 6.07) is 18.3. The lowest BCUT2D eigenvalue weighted by Gasteiger charge is -2.36. The maximum atomic E-state index is 12.5. The summed E-state index contributed by atoms with van der Waals surface area (Å²) in [5.41, 5.74) is 4.04. The van der Waals surface area contributed by atoms with Gasteiger partial charge in [0.05, 0.1) is 5.71 Å². The summed E-state index contributed by atoms with van der Waals surface area (Å²) in [6.07, 6.45) is 9.77. The highest BCUT2D eigenvalue weighted by Crippen LogP contribution is 2.36. The summed E-state index contributed by atoms with van der Waals surface area (Å²) in [5, 5.41) is 4.37. The van der Waals surface area contributed by atoms with Crippen molar-refractivity contribution in [1.82, 2.24) is 4.90 Å². The Hall–Kier alpha value is -2.88. The number of benzene rings is 2. The van der Waals surface area contributed by atoms with E-state index in [1.54, 1.807) is 6.08 Å². The van der Waals surface area contributed by atoms with E-state index in [0.717, 1.165) is 55.6 Å². The molecule has 2 heterocycles. The number of nitrogens with zero attached hydrogens (tertiary/aromatic N) is 2. The topological polar surface area (TPSA) is 41.9 Å². The zero-order chi connectivity index (χ0) is 20.8. The molecule has 2 aromatic rings. The molecule has 30 heavy (non-hydrogen) atoms. The molecule has 156 valence electrons. The fourth-order valence-electron chi connectivity index (χ4n) is 4.14. The van der Waals surface area contributed by atoms with Crippen molar-refractivity contribution in [3.63, 3.8) is 0 Å². The van der Waals surface area contributed by atoms with Gasteiger partial charge in [0.2, 0.25) is 0 Å². The SMILES string of the molecule is CCCCc1ccc(C(=O)C=CN2CCC3(CC2)CC(c2ccccc2)=NO3)cc1. The van der Waals surface area contributed by atoms with Crippen molar-refractivity contribution >= 4 is 11.5 Å². The molecule has 0 N–H and O–H groups in total. The van der Waals surface area contributed by atoms with E-state index in [1.165, 1.54) is 18.4 Å². The molecule has 1 fully saturated rings. The summed E-state index contributed by atoms with van der Waals surface area (Å²) in [6.45, 7) is 3.94. The molecular formula is C26H30N2O2. The molecule has 0 saturated carbocycles. The predicted octanol–water partition coefficient (Wildman–Crippen LogP) is 5.38. The van der Waals surface area contributed by atoms with Crippen LogP contribution in [0.25, 0.3) is 0 Å². The van der Waals surface area contributed by atoms with E-state index in [-0.39, 0.29) is 11.4 Å². The molecule has 0 unspecified atom stereocenters. The number of rotatable bonds is 7. The largest absolute Gasteiger partial charge is 0.388 e. The van der Waals surface area contributed by atoms with E-state index in [1.807, 2.05) is 36.5 Å². The first-order valence-electron chi connectivity index (χ1n) is 11.0. The lowest BCUT2D eigenvalue weighted by molar-refractivity contribution is -0.0550. The monoisotopic (exact) mass is 402 g/mol. The van der Waals surface area contributed by atoms with E-state index in [2.05, 4.69) is 41.2 Å². The molecule has 4 nitrogen and oxygen atoms in total. The highest BCUT2D eigenvalue weighted by atomic mass is 16.7. The molecule has 0 amide bonds. The lowest BCUT2D eigenvalue weighted by Crippen LogP contribution is -2.42. The van der Waals surface area contributed by atoms with E-state index in [9.17, 15) is 4.79 Å². The summed E-state index contributed by atoms with van der Waals surface area (Å²) in [4.78, 5) is 20.6. The third-order valence-electron chi connectivity index (χ3n) is 6.15. The third-order valence-corrected chi connectivity index (χ3v) is 6.15. The maximum absolute atomic E-state index is 12.5. The number of allylic oxidation sites excluding steroid dienone is 1. The molecule has 2 aromatic carbocycles. The fraction of sp³-hybridized carbons (Fsp3) is 0.385. The van der Waals surface area contributed by atoms with Crippen LogP contribution in [0.4, 0.5) is 0 Å². The molecule has 0 bridgehead atoms. The third kappa shape index (κ3) is 4.81. The van der Waals surface area contributed by atoms with Crippen LogP contribution < -0.4 is 0 Å². The molecule has 4 rings (SSSR count). The average molecular weight is 403 g/mol. The minimum Gasteiger partial charge on any atom is -0.388 e. The van der Waals surface area contributed by atoms with E-state index >= 15 is 0 Å². The summed E-state index contributed by atoms with van der Waals surface area (Å²) in [5.74, 6) is 0.0594. The van der Waals surface area contributed by atoms with Crippen LogP contribution in [0.5, 0.6) is 0 Å². The molecule has 4 heteroatoms. The number of oxime groups is 1. The van der Waals surface area contributed by atoms with E-state index < -0.39 is 0 Å². The number of aryl methyl sites for hydroxylation is 1. The molecule has 0 radical (unpaired) electrons. The Morgan fingerprint density at radius 1 is 1.10 bits per heavy atom. The molecular weight excluding hydrogens is 372 g/mol. The standard InChI is InChI=1S/C26H30N2O2/c1-2-3-7-21-10-12-23(13-11-21)25(29)14-17-28-18-15-26(16-19-28)20-24(27-30-26)22-8-5-4-6-9-22/h4-6,8-14,17H,2-3,7,15-16,18-20H2,1H3. The number of hydrogen-bond acceptors (Lipinski definition) is 4. The Kier molecular flexibility index (Phi) is 6.32. The van der Waals surface area contributed by atoms with Gasteiger partial charge in [0.1, 0.15) is 5.60 Å².